The summed E-state index contributed by atoms with van der Waals surface area (Å²) in [7, 11) is -1.01. The van der Waals surface area contributed by atoms with Gasteiger partial charge in [0.2, 0.25) is 0 Å². The SMILES string of the molecule is Cc1ccc(/C=C(/c2ccc(C)cc2)S(C)=O)cc1. The highest BCUT2D eigenvalue weighted by Crippen LogP contribution is 2.21. The lowest BCUT2D eigenvalue weighted by Gasteiger charge is -2.06. The second-order valence-electron chi connectivity index (χ2n) is 4.74. The topological polar surface area (TPSA) is 17.1 Å². The summed E-state index contributed by atoms with van der Waals surface area (Å²) in [6.45, 7) is 4.11. The number of benzene rings is 2. The van der Waals surface area contributed by atoms with Gasteiger partial charge in [-0.2, -0.15) is 0 Å². The molecule has 19 heavy (non-hydrogen) atoms. The summed E-state index contributed by atoms with van der Waals surface area (Å²) in [5.74, 6) is 0. The van der Waals surface area contributed by atoms with Crippen molar-refractivity contribution < 1.29 is 4.21 Å². The van der Waals surface area contributed by atoms with Crippen molar-refractivity contribution in [3.05, 3.63) is 70.8 Å². The van der Waals surface area contributed by atoms with Crippen LogP contribution in [-0.2, 0) is 10.8 Å². The van der Waals surface area contributed by atoms with E-state index >= 15 is 0 Å². The van der Waals surface area contributed by atoms with Crippen LogP contribution < -0.4 is 0 Å². The Morgan fingerprint density at radius 3 is 1.84 bits per heavy atom. The van der Waals surface area contributed by atoms with Crippen LogP contribution in [0.15, 0.2) is 48.5 Å². The molecule has 0 aliphatic carbocycles. The predicted molar refractivity (Wildman–Crippen MR) is 84.3 cm³/mol. The van der Waals surface area contributed by atoms with E-state index in [0.29, 0.717) is 0 Å². The minimum atomic E-state index is -1.01. The summed E-state index contributed by atoms with van der Waals surface area (Å²) in [5.41, 5.74) is 4.54. The Balaban J connectivity index is 2.43. The Bertz CT molecular complexity index is 607. The Morgan fingerprint density at radius 1 is 0.895 bits per heavy atom. The van der Waals surface area contributed by atoms with Crippen LogP contribution in [0.1, 0.15) is 22.3 Å². The molecule has 0 heterocycles. The van der Waals surface area contributed by atoms with E-state index in [4.69, 9.17) is 0 Å². The molecule has 0 fully saturated rings. The van der Waals surface area contributed by atoms with Crippen LogP contribution in [0.3, 0.4) is 0 Å². The molecule has 2 rings (SSSR count). The predicted octanol–water partition coefficient (Wildman–Crippen LogP) is 4.18. The van der Waals surface area contributed by atoms with E-state index in [9.17, 15) is 4.21 Å². The molecule has 2 aromatic carbocycles. The molecule has 0 bridgehead atoms. The lowest BCUT2D eigenvalue weighted by Crippen LogP contribution is -1.92. The second-order valence-corrected chi connectivity index (χ2v) is 6.09. The summed E-state index contributed by atoms with van der Waals surface area (Å²) in [6.07, 6.45) is 3.72. The molecule has 0 amide bonds. The Kier molecular flexibility index (Phi) is 4.33. The van der Waals surface area contributed by atoms with Crippen LogP contribution in [-0.4, -0.2) is 10.5 Å². The van der Waals surface area contributed by atoms with Gasteiger partial charge in [0.25, 0.3) is 0 Å². The molecule has 0 spiro atoms. The summed E-state index contributed by atoms with van der Waals surface area (Å²) in [4.78, 5) is 0.865. The van der Waals surface area contributed by atoms with Gasteiger partial charge in [-0.3, -0.25) is 4.21 Å². The third-order valence-electron chi connectivity index (χ3n) is 3.02. The molecular weight excluding hydrogens is 252 g/mol. The van der Waals surface area contributed by atoms with E-state index in [1.165, 1.54) is 11.1 Å². The minimum absolute atomic E-state index is 0.865. The largest absolute Gasteiger partial charge is 0.255 e. The van der Waals surface area contributed by atoms with Crippen LogP contribution in [0.25, 0.3) is 11.0 Å². The first-order valence-electron chi connectivity index (χ1n) is 6.25. The van der Waals surface area contributed by atoms with E-state index in [1.54, 1.807) is 6.26 Å². The van der Waals surface area contributed by atoms with Gasteiger partial charge in [-0.1, -0.05) is 59.7 Å². The van der Waals surface area contributed by atoms with Crippen LogP contribution in [0.5, 0.6) is 0 Å². The molecule has 0 saturated heterocycles. The molecule has 98 valence electrons. The lowest BCUT2D eigenvalue weighted by atomic mass is 10.1. The minimum Gasteiger partial charge on any atom is -0.255 e. The standard InChI is InChI=1S/C17H18OS/c1-13-4-8-15(9-5-13)12-17(19(3)18)16-10-6-14(2)7-11-16/h4-12H,1-3H3/b17-12-. The monoisotopic (exact) mass is 270 g/mol. The maximum Gasteiger partial charge on any atom is 0.0504 e. The third kappa shape index (κ3) is 3.65. The second kappa shape index (κ2) is 5.98. The fourth-order valence-electron chi connectivity index (χ4n) is 1.86. The highest BCUT2D eigenvalue weighted by molar-refractivity contribution is 7.94. The van der Waals surface area contributed by atoms with Crippen molar-refractivity contribution in [3.8, 4) is 0 Å². The van der Waals surface area contributed by atoms with Gasteiger partial charge in [0, 0.05) is 11.2 Å². The van der Waals surface area contributed by atoms with Crippen molar-refractivity contribution in [1.29, 1.82) is 0 Å². The molecule has 2 heteroatoms. The van der Waals surface area contributed by atoms with Crippen LogP contribution in [0.2, 0.25) is 0 Å². The van der Waals surface area contributed by atoms with Gasteiger partial charge in [0.15, 0.2) is 0 Å². The van der Waals surface area contributed by atoms with Crippen LogP contribution in [0.4, 0.5) is 0 Å². The highest BCUT2D eigenvalue weighted by atomic mass is 32.2. The molecule has 0 N–H and O–H groups in total. The zero-order valence-electron chi connectivity index (χ0n) is 11.5. The van der Waals surface area contributed by atoms with E-state index in [1.807, 2.05) is 30.3 Å². The van der Waals surface area contributed by atoms with Gasteiger partial charge in [-0.25, -0.2) is 0 Å². The zero-order chi connectivity index (χ0) is 13.8. The molecule has 0 saturated carbocycles. The summed E-state index contributed by atoms with van der Waals surface area (Å²) in [5, 5.41) is 0. The Labute approximate surface area is 117 Å². The molecule has 0 aliphatic heterocycles. The summed E-state index contributed by atoms with van der Waals surface area (Å²) >= 11 is 0. The van der Waals surface area contributed by atoms with Crippen LogP contribution >= 0.6 is 0 Å². The molecule has 1 nitrogen and oxygen atoms in total. The van der Waals surface area contributed by atoms with Crippen molar-refractivity contribution >= 4 is 21.8 Å². The van der Waals surface area contributed by atoms with Crippen molar-refractivity contribution in [3.63, 3.8) is 0 Å². The summed E-state index contributed by atoms with van der Waals surface area (Å²) < 4.78 is 11.9. The first-order valence-corrected chi connectivity index (χ1v) is 7.81. The average molecular weight is 270 g/mol. The number of hydrogen-bond donors (Lipinski definition) is 0. The van der Waals surface area contributed by atoms with Gasteiger partial charge in [-0.15, -0.1) is 0 Å². The lowest BCUT2D eigenvalue weighted by molar-refractivity contribution is 0.692. The maximum atomic E-state index is 11.9. The number of aryl methyl sites for hydroxylation is 2. The van der Waals surface area contributed by atoms with Crippen LogP contribution in [0, 0.1) is 13.8 Å². The molecule has 0 aromatic heterocycles. The third-order valence-corrected chi connectivity index (χ3v) is 3.99. The van der Waals surface area contributed by atoms with Gasteiger partial charge >= 0.3 is 0 Å². The summed E-state index contributed by atoms with van der Waals surface area (Å²) in [6, 6.07) is 16.4. The highest BCUT2D eigenvalue weighted by Gasteiger charge is 2.06. The normalized spacial score (nSPS) is 13.3. The Hall–Kier alpha value is -1.67. The Morgan fingerprint density at radius 2 is 1.37 bits per heavy atom. The first-order chi connectivity index (χ1) is 9.06. The number of hydrogen-bond acceptors (Lipinski definition) is 1. The van der Waals surface area contributed by atoms with E-state index in [-0.39, 0.29) is 0 Å². The molecule has 2 aromatic rings. The van der Waals surface area contributed by atoms with Crippen molar-refractivity contribution in [2.75, 3.05) is 6.26 Å². The fourth-order valence-corrected chi connectivity index (χ4v) is 2.63. The van der Waals surface area contributed by atoms with Crippen molar-refractivity contribution in [2.24, 2.45) is 0 Å². The van der Waals surface area contributed by atoms with Gasteiger partial charge in [-0.05, 0) is 31.1 Å². The molecule has 0 aliphatic rings. The van der Waals surface area contributed by atoms with E-state index in [0.717, 1.165) is 16.0 Å². The van der Waals surface area contributed by atoms with E-state index in [2.05, 4.69) is 38.1 Å². The quantitative estimate of drug-likeness (QED) is 0.765. The fraction of sp³-hybridized carbons (Fsp3) is 0.176. The van der Waals surface area contributed by atoms with Crippen molar-refractivity contribution in [2.45, 2.75) is 13.8 Å². The average Bonchev–Trinajstić information content (AvgIpc) is 2.39. The number of rotatable bonds is 3. The van der Waals surface area contributed by atoms with Crippen molar-refractivity contribution in [1.82, 2.24) is 0 Å². The zero-order valence-corrected chi connectivity index (χ0v) is 12.3. The maximum absolute atomic E-state index is 11.9. The molecule has 0 radical (unpaired) electrons. The van der Waals surface area contributed by atoms with Gasteiger partial charge in [0.05, 0.1) is 10.8 Å². The molecule has 1 unspecified atom stereocenters. The van der Waals surface area contributed by atoms with Gasteiger partial charge < -0.3 is 0 Å². The smallest absolute Gasteiger partial charge is 0.0504 e. The van der Waals surface area contributed by atoms with E-state index < -0.39 is 10.8 Å². The molecular formula is C17H18OS. The first kappa shape index (κ1) is 13.8. The molecule has 1 atom stereocenters. The van der Waals surface area contributed by atoms with Gasteiger partial charge in [0.1, 0.15) is 0 Å².